The third-order valence-corrected chi connectivity index (χ3v) is 3.02. The maximum Gasteiger partial charge on any atom is 0.0903 e. The monoisotopic (exact) mass is 209 g/mol. The Labute approximate surface area is 90.8 Å². The Morgan fingerprint density at radius 3 is 2.27 bits per heavy atom. The summed E-state index contributed by atoms with van der Waals surface area (Å²) < 4.78 is 0. The van der Waals surface area contributed by atoms with Crippen LogP contribution in [0.4, 0.5) is 0 Å². The molecule has 1 aromatic rings. The summed E-state index contributed by atoms with van der Waals surface area (Å²) in [6.07, 6.45) is 4.28. The number of nitrogens with zero attached hydrogens (tertiary/aromatic N) is 1. The molecule has 0 aromatic carbocycles. The van der Waals surface area contributed by atoms with Gasteiger partial charge in [0, 0.05) is 18.8 Å². The molecule has 0 bridgehead atoms. The van der Waals surface area contributed by atoms with Crippen molar-refractivity contribution in [3.63, 3.8) is 0 Å². The third kappa shape index (κ3) is 3.01. The summed E-state index contributed by atoms with van der Waals surface area (Å²) in [5.74, 6) is 0. The van der Waals surface area contributed by atoms with Crippen LogP contribution in [0.5, 0.6) is 0 Å². The van der Waals surface area contributed by atoms with Crippen LogP contribution in [-0.4, -0.2) is 26.9 Å². The Morgan fingerprint density at radius 2 is 1.80 bits per heavy atom. The molecule has 3 heteroatoms. The van der Waals surface area contributed by atoms with E-state index in [0.717, 1.165) is 5.56 Å². The van der Waals surface area contributed by atoms with Gasteiger partial charge in [-0.05, 0) is 30.5 Å². The Bertz CT molecular complexity index is 283. The lowest BCUT2D eigenvalue weighted by molar-refractivity contribution is -0.0790. The smallest absolute Gasteiger partial charge is 0.0903 e. The highest BCUT2D eigenvalue weighted by molar-refractivity contribution is 5.12. The highest BCUT2D eigenvalue weighted by Crippen LogP contribution is 2.22. The highest BCUT2D eigenvalue weighted by atomic mass is 16.3. The van der Waals surface area contributed by atoms with Crippen molar-refractivity contribution in [1.29, 1.82) is 0 Å². The first-order chi connectivity index (χ1) is 7.12. The SMILES string of the molecule is CCC(O)(CC)C(O)Cc1ccncc1. The van der Waals surface area contributed by atoms with Crippen LogP contribution in [0.25, 0.3) is 0 Å². The predicted octanol–water partition coefficient (Wildman–Crippen LogP) is 1.54. The molecule has 0 aliphatic rings. The molecule has 0 aliphatic carbocycles. The number of aliphatic hydroxyl groups excluding tert-OH is 1. The number of hydrogen-bond acceptors (Lipinski definition) is 3. The lowest BCUT2D eigenvalue weighted by Crippen LogP contribution is -2.42. The van der Waals surface area contributed by atoms with E-state index in [2.05, 4.69) is 4.98 Å². The van der Waals surface area contributed by atoms with Gasteiger partial charge in [0.25, 0.3) is 0 Å². The van der Waals surface area contributed by atoms with Gasteiger partial charge in [0.1, 0.15) is 0 Å². The molecule has 0 saturated carbocycles. The number of hydrogen-bond donors (Lipinski definition) is 2. The molecule has 2 N–H and O–H groups in total. The fourth-order valence-electron chi connectivity index (χ4n) is 1.65. The van der Waals surface area contributed by atoms with Gasteiger partial charge in [-0.3, -0.25) is 4.98 Å². The molecule has 0 saturated heterocycles. The molecule has 3 nitrogen and oxygen atoms in total. The minimum Gasteiger partial charge on any atom is -0.390 e. The lowest BCUT2D eigenvalue weighted by Gasteiger charge is -2.31. The van der Waals surface area contributed by atoms with Gasteiger partial charge in [-0.1, -0.05) is 13.8 Å². The maximum atomic E-state index is 10.1. The molecule has 84 valence electrons. The van der Waals surface area contributed by atoms with Crippen LogP contribution in [0.15, 0.2) is 24.5 Å². The van der Waals surface area contributed by atoms with E-state index in [1.54, 1.807) is 12.4 Å². The van der Waals surface area contributed by atoms with Crippen molar-refractivity contribution in [1.82, 2.24) is 4.98 Å². The van der Waals surface area contributed by atoms with Crippen molar-refractivity contribution in [2.45, 2.75) is 44.8 Å². The largest absolute Gasteiger partial charge is 0.390 e. The van der Waals surface area contributed by atoms with Gasteiger partial charge < -0.3 is 10.2 Å². The molecule has 1 rings (SSSR count). The van der Waals surface area contributed by atoms with Gasteiger partial charge in [-0.15, -0.1) is 0 Å². The van der Waals surface area contributed by atoms with Crippen LogP contribution in [0.1, 0.15) is 32.3 Å². The normalized spacial score (nSPS) is 13.9. The Kier molecular flexibility index (Phi) is 4.24. The van der Waals surface area contributed by atoms with E-state index in [-0.39, 0.29) is 0 Å². The fourth-order valence-corrected chi connectivity index (χ4v) is 1.65. The molecule has 1 aromatic heterocycles. The Balaban J connectivity index is 2.66. The zero-order chi connectivity index (χ0) is 11.3. The minimum absolute atomic E-state index is 0.473. The first-order valence-electron chi connectivity index (χ1n) is 5.41. The zero-order valence-electron chi connectivity index (χ0n) is 9.35. The van der Waals surface area contributed by atoms with Crippen LogP contribution in [0.3, 0.4) is 0 Å². The van der Waals surface area contributed by atoms with E-state index in [9.17, 15) is 10.2 Å². The molecule has 0 fully saturated rings. The fraction of sp³-hybridized carbons (Fsp3) is 0.583. The standard InChI is InChI=1S/C12H19NO2/c1-3-12(15,4-2)11(14)9-10-5-7-13-8-6-10/h5-8,11,14-15H,3-4,9H2,1-2H3. The quantitative estimate of drug-likeness (QED) is 0.773. The Morgan fingerprint density at radius 1 is 1.27 bits per heavy atom. The zero-order valence-corrected chi connectivity index (χ0v) is 9.35. The average molecular weight is 209 g/mol. The summed E-state index contributed by atoms with van der Waals surface area (Å²) in [7, 11) is 0. The Hall–Kier alpha value is -0.930. The molecule has 0 spiro atoms. The number of aliphatic hydroxyl groups is 2. The summed E-state index contributed by atoms with van der Waals surface area (Å²) in [4.78, 5) is 3.91. The van der Waals surface area contributed by atoms with E-state index in [4.69, 9.17) is 0 Å². The minimum atomic E-state index is -0.969. The van der Waals surface area contributed by atoms with Gasteiger partial charge in [-0.2, -0.15) is 0 Å². The van der Waals surface area contributed by atoms with E-state index in [1.165, 1.54) is 0 Å². The van der Waals surface area contributed by atoms with E-state index in [1.807, 2.05) is 26.0 Å². The number of pyridine rings is 1. The van der Waals surface area contributed by atoms with Gasteiger partial charge in [-0.25, -0.2) is 0 Å². The topological polar surface area (TPSA) is 53.4 Å². The molecule has 0 aliphatic heterocycles. The predicted molar refractivity (Wildman–Crippen MR) is 59.5 cm³/mol. The number of aromatic nitrogens is 1. The summed E-state index contributed by atoms with van der Waals surface area (Å²) >= 11 is 0. The molecule has 1 atom stereocenters. The summed E-state index contributed by atoms with van der Waals surface area (Å²) in [5.41, 5.74) is 0.0290. The van der Waals surface area contributed by atoms with Crippen molar-refractivity contribution in [3.8, 4) is 0 Å². The molecule has 1 heterocycles. The second-order valence-electron chi connectivity index (χ2n) is 3.89. The van der Waals surface area contributed by atoms with Crippen molar-refractivity contribution >= 4 is 0 Å². The van der Waals surface area contributed by atoms with Crippen LogP contribution in [0.2, 0.25) is 0 Å². The van der Waals surface area contributed by atoms with E-state index in [0.29, 0.717) is 19.3 Å². The summed E-state index contributed by atoms with van der Waals surface area (Å²) in [6.45, 7) is 3.78. The highest BCUT2D eigenvalue weighted by Gasteiger charge is 2.31. The average Bonchev–Trinajstić information content (AvgIpc) is 2.29. The maximum absolute atomic E-state index is 10.1. The van der Waals surface area contributed by atoms with Crippen molar-refractivity contribution in [2.24, 2.45) is 0 Å². The molecule has 0 amide bonds. The first kappa shape index (κ1) is 12.1. The van der Waals surface area contributed by atoms with Crippen LogP contribution < -0.4 is 0 Å². The number of rotatable bonds is 5. The van der Waals surface area contributed by atoms with Gasteiger partial charge in [0.15, 0.2) is 0 Å². The second-order valence-corrected chi connectivity index (χ2v) is 3.89. The van der Waals surface area contributed by atoms with Gasteiger partial charge >= 0.3 is 0 Å². The summed E-state index contributed by atoms with van der Waals surface area (Å²) in [6, 6.07) is 3.71. The van der Waals surface area contributed by atoms with Crippen LogP contribution >= 0.6 is 0 Å². The van der Waals surface area contributed by atoms with Crippen molar-refractivity contribution in [2.75, 3.05) is 0 Å². The molecule has 0 radical (unpaired) electrons. The van der Waals surface area contributed by atoms with E-state index < -0.39 is 11.7 Å². The van der Waals surface area contributed by atoms with Crippen molar-refractivity contribution < 1.29 is 10.2 Å². The first-order valence-corrected chi connectivity index (χ1v) is 5.41. The lowest BCUT2D eigenvalue weighted by atomic mass is 9.87. The van der Waals surface area contributed by atoms with Gasteiger partial charge in [0.05, 0.1) is 11.7 Å². The van der Waals surface area contributed by atoms with Crippen LogP contribution in [0, 0.1) is 0 Å². The van der Waals surface area contributed by atoms with Gasteiger partial charge in [0.2, 0.25) is 0 Å². The molecule has 1 unspecified atom stereocenters. The third-order valence-electron chi connectivity index (χ3n) is 3.02. The molecular formula is C12H19NO2. The summed E-state index contributed by atoms with van der Waals surface area (Å²) in [5, 5.41) is 20.0. The second kappa shape index (κ2) is 5.24. The molecule has 15 heavy (non-hydrogen) atoms. The van der Waals surface area contributed by atoms with Crippen molar-refractivity contribution in [3.05, 3.63) is 30.1 Å². The van der Waals surface area contributed by atoms with E-state index >= 15 is 0 Å². The van der Waals surface area contributed by atoms with Crippen LogP contribution in [-0.2, 0) is 6.42 Å². The molecular weight excluding hydrogens is 190 g/mol.